The molecule has 0 aliphatic carbocycles. The molecule has 1 amide bonds. The van der Waals surface area contributed by atoms with Crippen LogP contribution >= 0.6 is 11.3 Å². The molecule has 0 radical (unpaired) electrons. The Morgan fingerprint density at radius 1 is 1.45 bits per heavy atom. The zero-order chi connectivity index (χ0) is 14.7. The molecule has 1 aliphatic rings. The molecular weight excluding hydrogens is 274 g/mol. The first-order valence-electron chi connectivity index (χ1n) is 7.06. The second kappa shape index (κ2) is 6.39. The van der Waals surface area contributed by atoms with Gasteiger partial charge in [-0.05, 0) is 44.2 Å². The van der Waals surface area contributed by atoms with Crippen molar-refractivity contribution in [2.24, 2.45) is 0 Å². The van der Waals surface area contributed by atoms with Crippen molar-refractivity contribution in [2.75, 3.05) is 13.7 Å². The van der Waals surface area contributed by atoms with Crippen molar-refractivity contribution >= 4 is 23.2 Å². The summed E-state index contributed by atoms with van der Waals surface area (Å²) in [4.78, 5) is 28.1. The molecule has 4 nitrogen and oxygen atoms in total. The van der Waals surface area contributed by atoms with Crippen molar-refractivity contribution in [1.82, 2.24) is 4.90 Å². The summed E-state index contributed by atoms with van der Waals surface area (Å²) < 4.78 is 4.83. The number of ether oxygens (including phenoxy) is 1. The van der Waals surface area contributed by atoms with E-state index in [1.807, 2.05) is 13.0 Å². The van der Waals surface area contributed by atoms with Crippen LogP contribution in [0.4, 0.5) is 0 Å². The smallest absolute Gasteiger partial charge is 0.328 e. The van der Waals surface area contributed by atoms with Crippen LogP contribution in [-0.2, 0) is 16.0 Å². The lowest BCUT2D eigenvalue weighted by Gasteiger charge is -2.33. The summed E-state index contributed by atoms with van der Waals surface area (Å²) in [6.45, 7) is 4.76. The summed E-state index contributed by atoms with van der Waals surface area (Å²) in [6.07, 6.45) is 3.54. The van der Waals surface area contributed by atoms with E-state index in [0.717, 1.165) is 24.1 Å². The molecule has 2 heterocycles. The van der Waals surface area contributed by atoms with E-state index in [1.54, 1.807) is 4.90 Å². The molecule has 1 aliphatic heterocycles. The highest BCUT2D eigenvalue weighted by Crippen LogP contribution is 2.26. The summed E-state index contributed by atoms with van der Waals surface area (Å²) in [5.41, 5.74) is 1.21. The van der Waals surface area contributed by atoms with E-state index in [0.29, 0.717) is 13.0 Å². The Balaban J connectivity index is 2.22. The standard InChI is InChI=1S/C15H21NO3S/c1-4-11-9-13(20-10(11)2)14(17)16-8-6-5-7-12(16)15(18)19-3/h9,12H,4-8H2,1-3H3. The maximum atomic E-state index is 12.6. The van der Waals surface area contributed by atoms with Gasteiger partial charge in [-0.2, -0.15) is 0 Å². The number of amides is 1. The lowest BCUT2D eigenvalue weighted by atomic mass is 10.0. The van der Waals surface area contributed by atoms with Gasteiger partial charge in [-0.25, -0.2) is 4.79 Å². The van der Waals surface area contributed by atoms with E-state index in [4.69, 9.17) is 4.74 Å². The maximum absolute atomic E-state index is 12.6. The van der Waals surface area contributed by atoms with Crippen molar-refractivity contribution in [3.8, 4) is 0 Å². The number of likely N-dealkylation sites (tertiary alicyclic amines) is 1. The molecule has 1 atom stereocenters. The fourth-order valence-corrected chi connectivity index (χ4v) is 3.74. The van der Waals surface area contributed by atoms with Crippen LogP contribution < -0.4 is 0 Å². The molecule has 1 aromatic heterocycles. The number of rotatable bonds is 3. The first-order chi connectivity index (χ1) is 9.58. The van der Waals surface area contributed by atoms with E-state index in [-0.39, 0.29) is 11.9 Å². The summed E-state index contributed by atoms with van der Waals surface area (Å²) in [5, 5.41) is 0. The third-order valence-corrected chi connectivity index (χ3v) is 4.93. The fourth-order valence-electron chi connectivity index (χ4n) is 2.67. The highest BCUT2D eigenvalue weighted by atomic mass is 32.1. The number of hydrogen-bond donors (Lipinski definition) is 0. The Kier molecular flexibility index (Phi) is 4.81. The first kappa shape index (κ1) is 15.0. The Labute approximate surface area is 123 Å². The zero-order valence-corrected chi connectivity index (χ0v) is 13.1. The Hall–Kier alpha value is -1.36. The van der Waals surface area contributed by atoms with Gasteiger partial charge in [0.25, 0.3) is 5.91 Å². The minimum atomic E-state index is -0.422. The summed E-state index contributed by atoms with van der Waals surface area (Å²) >= 11 is 1.52. The third-order valence-electron chi connectivity index (χ3n) is 3.85. The van der Waals surface area contributed by atoms with Crippen molar-refractivity contribution in [3.63, 3.8) is 0 Å². The predicted octanol–water partition coefficient (Wildman–Crippen LogP) is 2.79. The van der Waals surface area contributed by atoms with Gasteiger partial charge in [-0.15, -0.1) is 11.3 Å². The van der Waals surface area contributed by atoms with E-state index in [2.05, 4.69) is 6.92 Å². The average Bonchev–Trinajstić information content (AvgIpc) is 2.86. The highest BCUT2D eigenvalue weighted by Gasteiger charge is 2.34. The molecule has 5 heteroatoms. The molecule has 1 unspecified atom stereocenters. The molecule has 0 bridgehead atoms. The Morgan fingerprint density at radius 3 is 2.80 bits per heavy atom. The molecular formula is C15H21NO3S. The quantitative estimate of drug-likeness (QED) is 0.806. The van der Waals surface area contributed by atoms with Crippen LogP contribution in [0.15, 0.2) is 6.07 Å². The van der Waals surface area contributed by atoms with Crippen LogP contribution in [0.2, 0.25) is 0 Å². The molecule has 0 saturated carbocycles. The SMILES string of the molecule is CCc1cc(C(=O)N2CCCCC2C(=O)OC)sc1C. The number of nitrogens with zero attached hydrogens (tertiary/aromatic N) is 1. The van der Waals surface area contributed by atoms with E-state index < -0.39 is 6.04 Å². The third kappa shape index (κ3) is 2.87. The number of carbonyl (C=O) groups is 2. The van der Waals surface area contributed by atoms with Gasteiger partial charge in [-0.3, -0.25) is 4.79 Å². The van der Waals surface area contributed by atoms with Gasteiger partial charge >= 0.3 is 5.97 Å². The van der Waals surface area contributed by atoms with Gasteiger partial charge in [0.2, 0.25) is 0 Å². The second-order valence-electron chi connectivity index (χ2n) is 5.08. The predicted molar refractivity (Wildman–Crippen MR) is 79.1 cm³/mol. The van der Waals surface area contributed by atoms with Crippen LogP contribution in [0.3, 0.4) is 0 Å². The molecule has 110 valence electrons. The summed E-state index contributed by atoms with van der Waals surface area (Å²) in [5.74, 6) is -0.338. The van der Waals surface area contributed by atoms with E-state index in [9.17, 15) is 9.59 Å². The highest BCUT2D eigenvalue weighted by molar-refractivity contribution is 7.14. The minimum absolute atomic E-state index is 0.0344. The van der Waals surface area contributed by atoms with Gasteiger partial charge < -0.3 is 9.64 Å². The van der Waals surface area contributed by atoms with Gasteiger partial charge in [0.05, 0.1) is 12.0 Å². The van der Waals surface area contributed by atoms with Crippen molar-refractivity contribution < 1.29 is 14.3 Å². The number of thiophene rings is 1. The van der Waals surface area contributed by atoms with E-state index in [1.165, 1.54) is 28.9 Å². The average molecular weight is 295 g/mol. The molecule has 1 aromatic rings. The van der Waals surface area contributed by atoms with Crippen LogP contribution in [0.1, 0.15) is 46.3 Å². The maximum Gasteiger partial charge on any atom is 0.328 e. The topological polar surface area (TPSA) is 46.6 Å². The zero-order valence-electron chi connectivity index (χ0n) is 12.3. The molecule has 1 saturated heterocycles. The van der Waals surface area contributed by atoms with Crippen LogP contribution in [0.5, 0.6) is 0 Å². The largest absolute Gasteiger partial charge is 0.467 e. The lowest BCUT2D eigenvalue weighted by molar-refractivity contribution is -0.147. The Bertz CT molecular complexity index is 509. The van der Waals surface area contributed by atoms with Crippen LogP contribution in [0, 0.1) is 6.92 Å². The monoisotopic (exact) mass is 295 g/mol. The minimum Gasteiger partial charge on any atom is -0.467 e. The molecule has 1 fully saturated rings. The number of carbonyl (C=O) groups excluding carboxylic acids is 2. The van der Waals surface area contributed by atoms with Crippen LogP contribution in [-0.4, -0.2) is 36.5 Å². The fraction of sp³-hybridized carbons (Fsp3) is 0.600. The van der Waals surface area contributed by atoms with Gasteiger partial charge in [0.15, 0.2) is 0 Å². The number of aryl methyl sites for hydroxylation is 2. The van der Waals surface area contributed by atoms with Crippen molar-refractivity contribution in [2.45, 2.75) is 45.6 Å². The number of esters is 1. The molecule has 0 spiro atoms. The normalized spacial score (nSPS) is 18.9. The molecule has 0 aromatic carbocycles. The van der Waals surface area contributed by atoms with Gasteiger partial charge in [0.1, 0.15) is 6.04 Å². The lowest BCUT2D eigenvalue weighted by Crippen LogP contribution is -2.48. The summed E-state index contributed by atoms with van der Waals surface area (Å²) in [6, 6.07) is 1.54. The van der Waals surface area contributed by atoms with Crippen molar-refractivity contribution in [1.29, 1.82) is 0 Å². The van der Waals surface area contributed by atoms with Gasteiger partial charge in [0, 0.05) is 11.4 Å². The number of hydrogen-bond acceptors (Lipinski definition) is 4. The first-order valence-corrected chi connectivity index (χ1v) is 7.88. The molecule has 0 N–H and O–H groups in total. The number of piperidine rings is 1. The van der Waals surface area contributed by atoms with E-state index >= 15 is 0 Å². The Morgan fingerprint density at radius 2 is 2.20 bits per heavy atom. The summed E-state index contributed by atoms with van der Waals surface area (Å²) in [7, 11) is 1.38. The molecule has 2 rings (SSSR count). The molecule has 20 heavy (non-hydrogen) atoms. The van der Waals surface area contributed by atoms with Crippen molar-refractivity contribution in [3.05, 3.63) is 21.4 Å². The van der Waals surface area contributed by atoms with Crippen LogP contribution in [0.25, 0.3) is 0 Å². The van der Waals surface area contributed by atoms with Gasteiger partial charge in [-0.1, -0.05) is 6.92 Å². The second-order valence-corrected chi connectivity index (χ2v) is 6.34. The number of methoxy groups -OCH3 is 1.